The smallest absolute Gasteiger partial charge is 0.407 e. The lowest BCUT2D eigenvalue weighted by Gasteiger charge is -2.39. The van der Waals surface area contributed by atoms with E-state index in [9.17, 15) is 13.2 Å². The number of carbonyl (C=O) groups is 1. The topological polar surface area (TPSA) is 100 Å². The molecular formula is C16H32N4O4S. The summed E-state index contributed by atoms with van der Waals surface area (Å²) in [7, 11) is -3.09. The third-order valence-corrected chi connectivity index (χ3v) is 6.25. The van der Waals surface area contributed by atoms with Crippen LogP contribution in [0.4, 0.5) is 4.79 Å². The lowest BCUT2D eigenvalue weighted by Crippen LogP contribution is -2.57. The largest absolute Gasteiger partial charge is 0.444 e. The first kappa shape index (κ1) is 21.5. The maximum atomic E-state index is 12.1. The van der Waals surface area contributed by atoms with Gasteiger partial charge in [0.2, 0.25) is 0 Å². The minimum absolute atomic E-state index is 0.112. The summed E-state index contributed by atoms with van der Waals surface area (Å²) in [5, 5.41) is 5.84. The fourth-order valence-electron chi connectivity index (χ4n) is 2.38. The number of hydrogen-bond donors (Lipinski definition) is 2. The van der Waals surface area contributed by atoms with Gasteiger partial charge in [-0.2, -0.15) is 0 Å². The van der Waals surface area contributed by atoms with Crippen molar-refractivity contribution in [2.24, 2.45) is 4.99 Å². The summed E-state index contributed by atoms with van der Waals surface area (Å²) in [6.45, 7) is 13.1. The molecule has 1 saturated heterocycles. The minimum Gasteiger partial charge on any atom is -0.444 e. The average molecular weight is 377 g/mol. The molecule has 1 rings (SSSR count). The van der Waals surface area contributed by atoms with Gasteiger partial charge in [-0.25, -0.2) is 13.2 Å². The van der Waals surface area contributed by atoms with Crippen molar-refractivity contribution >= 4 is 21.9 Å². The maximum absolute atomic E-state index is 12.1. The predicted octanol–water partition coefficient (Wildman–Crippen LogP) is 0.986. The van der Waals surface area contributed by atoms with Crippen LogP contribution in [0.1, 0.15) is 41.5 Å². The van der Waals surface area contributed by atoms with Crippen LogP contribution in [0, 0.1) is 0 Å². The quantitative estimate of drug-likeness (QED) is 0.431. The number of guanidine groups is 1. The van der Waals surface area contributed by atoms with Gasteiger partial charge in [-0.05, 0) is 41.5 Å². The van der Waals surface area contributed by atoms with Crippen LogP contribution in [0.5, 0.6) is 0 Å². The van der Waals surface area contributed by atoms with E-state index in [1.54, 1.807) is 34.6 Å². The van der Waals surface area contributed by atoms with Crippen molar-refractivity contribution in [3.8, 4) is 0 Å². The zero-order chi connectivity index (χ0) is 19.3. The second kappa shape index (κ2) is 8.25. The zero-order valence-corrected chi connectivity index (χ0v) is 17.0. The summed E-state index contributed by atoms with van der Waals surface area (Å²) in [6.07, 6.45) is -0.474. The van der Waals surface area contributed by atoms with Crippen molar-refractivity contribution in [3.05, 3.63) is 0 Å². The molecule has 0 saturated carbocycles. The molecule has 1 aliphatic heterocycles. The molecule has 0 bridgehead atoms. The molecule has 1 heterocycles. The Labute approximate surface area is 151 Å². The molecule has 0 atom stereocenters. The fourth-order valence-corrected chi connectivity index (χ4v) is 3.75. The molecular weight excluding hydrogens is 344 g/mol. The number of nitrogens with zero attached hydrogens (tertiary/aromatic N) is 2. The third kappa shape index (κ3) is 6.72. The molecule has 146 valence electrons. The van der Waals surface area contributed by atoms with Crippen molar-refractivity contribution in [2.75, 3.05) is 38.5 Å². The molecule has 0 aromatic rings. The summed E-state index contributed by atoms with van der Waals surface area (Å²) in [5.74, 6) is 0.775. The number of sulfone groups is 1. The molecule has 0 radical (unpaired) electrons. The Balaban J connectivity index is 2.62. The average Bonchev–Trinajstić information content (AvgIpc) is 2.43. The van der Waals surface area contributed by atoms with Crippen LogP contribution in [0.2, 0.25) is 0 Å². The van der Waals surface area contributed by atoms with E-state index in [4.69, 9.17) is 4.74 Å². The molecule has 1 aliphatic rings. The highest BCUT2D eigenvalue weighted by Gasteiger charge is 2.40. The molecule has 0 aromatic heterocycles. The normalized spacial score (nSPS) is 20.1. The first-order chi connectivity index (χ1) is 11.4. The summed E-state index contributed by atoms with van der Waals surface area (Å²) >= 11 is 0. The van der Waals surface area contributed by atoms with E-state index in [0.717, 1.165) is 0 Å². The minimum atomic E-state index is -3.09. The molecule has 25 heavy (non-hydrogen) atoms. The van der Waals surface area contributed by atoms with E-state index in [0.29, 0.717) is 38.7 Å². The van der Waals surface area contributed by atoms with Gasteiger partial charge in [-0.1, -0.05) is 0 Å². The molecule has 0 spiro atoms. The Morgan fingerprint density at radius 3 is 2.44 bits per heavy atom. The number of nitrogens with one attached hydrogen (secondary N) is 2. The number of hydrogen-bond acceptors (Lipinski definition) is 5. The van der Waals surface area contributed by atoms with Gasteiger partial charge < -0.3 is 20.3 Å². The van der Waals surface area contributed by atoms with E-state index in [-0.39, 0.29) is 5.75 Å². The molecule has 1 amide bonds. The van der Waals surface area contributed by atoms with Crippen LogP contribution in [0.15, 0.2) is 4.99 Å². The van der Waals surface area contributed by atoms with E-state index in [1.807, 2.05) is 11.8 Å². The van der Waals surface area contributed by atoms with Crippen molar-refractivity contribution in [3.63, 3.8) is 0 Å². The maximum Gasteiger partial charge on any atom is 0.407 e. The molecule has 2 N–H and O–H groups in total. The van der Waals surface area contributed by atoms with Crippen molar-refractivity contribution in [1.29, 1.82) is 0 Å². The van der Waals surface area contributed by atoms with Crippen LogP contribution in [-0.2, 0) is 14.6 Å². The Bertz CT molecular complexity index is 594. The van der Waals surface area contributed by atoms with Crippen molar-refractivity contribution in [1.82, 2.24) is 15.5 Å². The molecule has 0 aromatic carbocycles. The number of ether oxygens (including phenoxy) is 1. The second-order valence-corrected chi connectivity index (χ2v) is 10.4. The Morgan fingerprint density at radius 2 is 1.92 bits per heavy atom. The van der Waals surface area contributed by atoms with Gasteiger partial charge in [0.1, 0.15) is 5.60 Å². The van der Waals surface area contributed by atoms with Crippen LogP contribution in [0.25, 0.3) is 0 Å². The highest BCUT2D eigenvalue weighted by Crippen LogP contribution is 2.23. The Kier molecular flexibility index (Phi) is 7.10. The molecule has 1 fully saturated rings. The predicted molar refractivity (Wildman–Crippen MR) is 99.7 cm³/mol. The number of carbonyl (C=O) groups excluding carboxylic acids is 1. The number of aliphatic imine (C=N–C) groups is 1. The van der Waals surface area contributed by atoms with E-state index in [2.05, 4.69) is 15.6 Å². The number of amides is 1. The van der Waals surface area contributed by atoms with Gasteiger partial charge in [0.15, 0.2) is 15.8 Å². The molecule has 0 unspecified atom stereocenters. The van der Waals surface area contributed by atoms with Crippen LogP contribution >= 0.6 is 0 Å². The SMILES string of the molecule is CCNC(=NCCNC(=O)OC(C)(C)C)N1CCS(=O)(=O)C(C)(C)C1. The van der Waals surface area contributed by atoms with Gasteiger partial charge in [-0.15, -0.1) is 0 Å². The lowest BCUT2D eigenvalue weighted by molar-refractivity contribution is 0.0529. The fraction of sp³-hybridized carbons (Fsp3) is 0.875. The lowest BCUT2D eigenvalue weighted by atomic mass is 10.2. The van der Waals surface area contributed by atoms with Crippen LogP contribution < -0.4 is 10.6 Å². The van der Waals surface area contributed by atoms with Crippen LogP contribution in [-0.4, -0.2) is 74.2 Å². The zero-order valence-electron chi connectivity index (χ0n) is 16.2. The second-order valence-electron chi connectivity index (χ2n) is 7.66. The van der Waals surface area contributed by atoms with Crippen LogP contribution in [0.3, 0.4) is 0 Å². The summed E-state index contributed by atoms with van der Waals surface area (Å²) < 4.78 is 28.6. The Hall–Kier alpha value is -1.51. The van der Waals surface area contributed by atoms with Crippen molar-refractivity contribution < 1.29 is 17.9 Å². The standard InChI is InChI=1S/C16H32N4O4S/c1-7-17-13(18-8-9-19-14(21)24-15(2,3)4)20-10-11-25(22,23)16(5,6)12-20/h7-12H2,1-6H3,(H,17,18)(H,19,21). The molecule has 9 heteroatoms. The summed E-state index contributed by atoms with van der Waals surface area (Å²) in [6, 6.07) is 0. The monoisotopic (exact) mass is 376 g/mol. The summed E-state index contributed by atoms with van der Waals surface area (Å²) in [4.78, 5) is 18.1. The van der Waals surface area contributed by atoms with Gasteiger partial charge in [-0.3, -0.25) is 4.99 Å². The highest BCUT2D eigenvalue weighted by molar-refractivity contribution is 7.92. The first-order valence-electron chi connectivity index (χ1n) is 8.60. The van der Waals surface area contributed by atoms with Gasteiger partial charge in [0.25, 0.3) is 0 Å². The molecule has 0 aliphatic carbocycles. The molecule has 8 nitrogen and oxygen atoms in total. The number of alkyl carbamates (subject to hydrolysis) is 1. The highest BCUT2D eigenvalue weighted by atomic mass is 32.2. The van der Waals surface area contributed by atoms with Gasteiger partial charge in [0, 0.05) is 26.2 Å². The first-order valence-corrected chi connectivity index (χ1v) is 10.3. The van der Waals surface area contributed by atoms with E-state index in [1.165, 1.54) is 0 Å². The Morgan fingerprint density at radius 1 is 1.28 bits per heavy atom. The number of rotatable bonds is 4. The third-order valence-electron chi connectivity index (χ3n) is 3.72. The summed E-state index contributed by atoms with van der Waals surface area (Å²) in [5.41, 5.74) is -0.535. The van der Waals surface area contributed by atoms with E-state index < -0.39 is 26.3 Å². The van der Waals surface area contributed by atoms with Crippen molar-refractivity contribution in [2.45, 2.75) is 51.9 Å². The van der Waals surface area contributed by atoms with E-state index >= 15 is 0 Å². The van der Waals surface area contributed by atoms with Gasteiger partial charge >= 0.3 is 6.09 Å². The van der Waals surface area contributed by atoms with Gasteiger partial charge in [0.05, 0.1) is 17.0 Å².